The fourth-order valence-electron chi connectivity index (χ4n) is 2.27. The number of rotatable bonds is 5. The van der Waals surface area contributed by atoms with Gasteiger partial charge in [-0.15, -0.1) is 22.7 Å². The average molecular weight is 367 g/mol. The van der Waals surface area contributed by atoms with Crippen molar-refractivity contribution >= 4 is 48.8 Å². The molecule has 0 spiro atoms. The maximum Gasteiger partial charge on any atom is 0.0809 e. The third-order valence-corrected chi connectivity index (χ3v) is 5.78. The number of aromatic nitrogens is 1. The van der Waals surface area contributed by atoms with E-state index in [1.165, 1.54) is 19.6 Å². The first kappa shape index (κ1) is 14.2. The molecule has 5 heteroatoms. The van der Waals surface area contributed by atoms with Gasteiger partial charge in [-0.05, 0) is 51.6 Å². The van der Waals surface area contributed by atoms with Crippen LogP contribution in [0.5, 0.6) is 0 Å². The fourth-order valence-corrected chi connectivity index (χ4v) is 4.56. The zero-order valence-corrected chi connectivity index (χ0v) is 14.3. The molecule has 0 aliphatic carbocycles. The molecule has 0 radical (unpaired) electrons. The molecule has 2 nitrogen and oxygen atoms in total. The van der Waals surface area contributed by atoms with Crippen LogP contribution >= 0.6 is 38.6 Å². The van der Waals surface area contributed by atoms with Gasteiger partial charge in [-0.1, -0.05) is 6.92 Å². The summed E-state index contributed by atoms with van der Waals surface area (Å²) in [5, 5.41) is 7.80. The molecule has 0 amide bonds. The lowest BCUT2D eigenvalue weighted by atomic mass is 10.0. The largest absolute Gasteiger partial charge is 0.310 e. The Kier molecular flexibility index (Phi) is 4.51. The highest BCUT2D eigenvalue weighted by Gasteiger charge is 2.14. The highest BCUT2D eigenvalue weighted by molar-refractivity contribution is 9.10. The molecule has 0 aliphatic heterocycles. The van der Waals surface area contributed by atoms with E-state index in [0.29, 0.717) is 6.04 Å². The molecular weight excluding hydrogens is 352 g/mol. The highest BCUT2D eigenvalue weighted by Crippen LogP contribution is 2.28. The van der Waals surface area contributed by atoms with Gasteiger partial charge in [-0.3, -0.25) is 4.98 Å². The van der Waals surface area contributed by atoms with E-state index in [1.807, 2.05) is 6.20 Å². The summed E-state index contributed by atoms with van der Waals surface area (Å²) in [5.74, 6) is 0. The predicted molar refractivity (Wildman–Crippen MR) is 91.8 cm³/mol. The standard InChI is InChI=1S/C15H15BrN2S2/c1-2-17-14(7-12-6-11(16)9-20-12)10-5-15-13(18-8-10)3-4-19-15/h3-6,8-9,14,17H,2,7H2,1H3. The second-order valence-electron chi connectivity index (χ2n) is 4.62. The number of halogens is 1. The normalized spacial score (nSPS) is 12.9. The average Bonchev–Trinajstić information content (AvgIpc) is 3.06. The summed E-state index contributed by atoms with van der Waals surface area (Å²) >= 11 is 7.08. The minimum absolute atomic E-state index is 0.324. The van der Waals surface area contributed by atoms with Crippen LogP contribution in [0.2, 0.25) is 0 Å². The van der Waals surface area contributed by atoms with Crippen LogP contribution in [0.1, 0.15) is 23.4 Å². The zero-order valence-electron chi connectivity index (χ0n) is 11.1. The van der Waals surface area contributed by atoms with Crippen LogP contribution in [0.3, 0.4) is 0 Å². The van der Waals surface area contributed by atoms with E-state index < -0.39 is 0 Å². The van der Waals surface area contributed by atoms with Crippen molar-refractivity contribution in [1.82, 2.24) is 10.3 Å². The molecule has 0 aliphatic rings. The monoisotopic (exact) mass is 366 g/mol. The SMILES string of the molecule is CCNC(Cc1cc(Br)cs1)c1cnc2ccsc2c1. The molecule has 0 bridgehead atoms. The summed E-state index contributed by atoms with van der Waals surface area (Å²) in [4.78, 5) is 5.94. The molecule has 20 heavy (non-hydrogen) atoms. The van der Waals surface area contributed by atoms with Gasteiger partial charge in [0.05, 0.1) is 10.2 Å². The van der Waals surface area contributed by atoms with Crippen LogP contribution in [0.4, 0.5) is 0 Å². The summed E-state index contributed by atoms with van der Waals surface area (Å²) in [6.45, 7) is 3.11. The molecule has 3 aromatic rings. The third-order valence-electron chi connectivity index (χ3n) is 3.20. The Bertz CT molecular complexity index is 705. The molecular formula is C15H15BrN2S2. The van der Waals surface area contributed by atoms with Gasteiger partial charge < -0.3 is 5.32 Å². The van der Waals surface area contributed by atoms with E-state index in [4.69, 9.17) is 0 Å². The van der Waals surface area contributed by atoms with Gasteiger partial charge in [-0.25, -0.2) is 0 Å². The van der Waals surface area contributed by atoms with E-state index in [2.05, 4.69) is 62.1 Å². The number of hydrogen-bond acceptors (Lipinski definition) is 4. The van der Waals surface area contributed by atoms with Gasteiger partial charge in [0, 0.05) is 33.4 Å². The third kappa shape index (κ3) is 3.11. The summed E-state index contributed by atoms with van der Waals surface area (Å²) in [6, 6.07) is 6.86. The molecule has 0 saturated heterocycles. The quantitative estimate of drug-likeness (QED) is 0.685. The van der Waals surface area contributed by atoms with Crippen molar-refractivity contribution < 1.29 is 0 Å². The van der Waals surface area contributed by atoms with E-state index in [9.17, 15) is 0 Å². The van der Waals surface area contributed by atoms with Gasteiger partial charge in [-0.2, -0.15) is 0 Å². The summed E-state index contributed by atoms with van der Waals surface area (Å²) in [7, 11) is 0. The van der Waals surface area contributed by atoms with Gasteiger partial charge in [0.25, 0.3) is 0 Å². The van der Waals surface area contributed by atoms with Crippen molar-refractivity contribution in [3.8, 4) is 0 Å². The Morgan fingerprint density at radius 3 is 3.00 bits per heavy atom. The van der Waals surface area contributed by atoms with Crippen molar-refractivity contribution in [1.29, 1.82) is 0 Å². The number of fused-ring (bicyclic) bond motifs is 1. The molecule has 0 fully saturated rings. The van der Waals surface area contributed by atoms with Gasteiger partial charge >= 0.3 is 0 Å². The number of pyridine rings is 1. The molecule has 0 aromatic carbocycles. The highest BCUT2D eigenvalue weighted by atomic mass is 79.9. The Balaban J connectivity index is 1.88. The van der Waals surface area contributed by atoms with Crippen LogP contribution in [-0.4, -0.2) is 11.5 Å². The van der Waals surface area contributed by atoms with Gasteiger partial charge in [0.1, 0.15) is 0 Å². The number of nitrogens with zero attached hydrogens (tertiary/aromatic N) is 1. The van der Waals surface area contributed by atoms with Crippen molar-refractivity contribution in [3.05, 3.63) is 50.1 Å². The first-order chi connectivity index (χ1) is 9.76. The number of thiophene rings is 2. The Morgan fingerprint density at radius 1 is 1.35 bits per heavy atom. The Morgan fingerprint density at radius 2 is 2.25 bits per heavy atom. The van der Waals surface area contributed by atoms with Crippen molar-refractivity contribution in [2.24, 2.45) is 0 Å². The molecule has 104 valence electrons. The number of likely N-dealkylation sites (N-methyl/N-ethyl adjacent to an activating group) is 1. The Labute approximate surface area is 135 Å². The lowest BCUT2D eigenvalue weighted by Crippen LogP contribution is -2.22. The van der Waals surface area contributed by atoms with Crippen LogP contribution in [-0.2, 0) is 6.42 Å². The van der Waals surface area contributed by atoms with Crippen LogP contribution < -0.4 is 5.32 Å². The molecule has 1 unspecified atom stereocenters. The predicted octanol–water partition coefficient (Wildman–Crippen LogP) is 5.01. The molecule has 3 rings (SSSR count). The minimum atomic E-state index is 0.324. The first-order valence-corrected chi connectivity index (χ1v) is 9.11. The second kappa shape index (κ2) is 6.35. The summed E-state index contributed by atoms with van der Waals surface area (Å²) < 4.78 is 2.43. The van der Waals surface area contributed by atoms with E-state index in [0.717, 1.165) is 18.5 Å². The Hall–Kier alpha value is -0.750. The lowest BCUT2D eigenvalue weighted by molar-refractivity contribution is 0.552. The molecule has 1 N–H and O–H groups in total. The topological polar surface area (TPSA) is 24.9 Å². The van der Waals surface area contributed by atoms with Crippen LogP contribution in [0.15, 0.2) is 39.6 Å². The fraction of sp³-hybridized carbons (Fsp3) is 0.267. The maximum absolute atomic E-state index is 4.56. The first-order valence-electron chi connectivity index (χ1n) is 6.55. The minimum Gasteiger partial charge on any atom is -0.310 e. The van der Waals surface area contributed by atoms with Gasteiger partial charge in [0.2, 0.25) is 0 Å². The van der Waals surface area contributed by atoms with Crippen molar-refractivity contribution in [3.63, 3.8) is 0 Å². The number of hydrogen-bond donors (Lipinski definition) is 1. The molecule has 3 aromatic heterocycles. The van der Waals surface area contributed by atoms with E-state index in [1.54, 1.807) is 22.7 Å². The molecule has 1 atom stereocenters. The van der Waals surface area contributed by atoms with Crippen molar-refractivity contribution in [2.75, 3.05) is 6.54 Å². The maximum atomic E-state index is 4.56. The molecule has 0 saturated carbocycles. The van der Waals surface area contributed by atoms with Crippen LogP contribution in [0.25, 0.3) is 10.2 Å². The van der Waals surface area contributed by atoms with Crippen molar-refractivity contribution in [2.45, 2.75) is 19.4 Å². The molecule has 3 heterocycles. The van der Waals surface area contributed by atoms with E-state index in [-0.39, 0.29) is 0 Å². The smallest absolute Gasteiger partial charge is 0.0809 e. The van der Waals surface area contributed by atoms with E-state index >= 15 is 0 Å². The summed E-state index contributed by atoms with van der Waals surface area (Å²) in [6.07, 6.45) is 3.01. The zero-order chi connectivity index (χ0) is 13.9. The lowest BCUT2D eigenvalue weighted by Gasteiger charge is -2.17. The summed E-state index contributed by atoms with van der Waals surface area (Å²) in [5.41, 5.74) is 2.36. The number of nitrogens with one attached hydrogen (secondary N) is 1. The second-order valence-corrected chi connectivity index (χ2v) is 7.48. The van der Waals surface area contributed by atoms with Gasteiger partial charge in [0.15, 0.2) is 0 Å². The van der Waals surface area contributed by atoms with Crippen LogP contribution in [0, 0.1) is 0 Å².